The molecule has 0 amide bonds. The zero-order valence-corrected chi connectivity index (χ0v) is 10.3. The highest BCUT2D eigenvalue weighted by Crippen LogP contribution is 2.17. The van der Waals surface area contributed by atoms with E-state index in [1.54, 1.807) is 25.6 Å². The topological polar surface area (TPSA) is 60.8 Å². The molecule has 0 fully saturated rings. The van der Waals surface area contributed by atoms with Gasteiger partial charge in [-0.1, -0.05) is 0 Å². The zero-order chi connectivity index (χ0) is 12.5. The van der Waals surface area contributed by atoms with Gasteiger partial charge in [-0.25, -0.2) is 0 Å². The summed E-state index contributed by atoms with van der Waals surface area (Å²) in [5, 5.41) is 9.85. The van der Waals surface area contributed by atoms with Crippen LogP contribution in [0.4, 0.5) is 0 Å². The van der Waals surface area contributed by atoms with Crippen LogP contribution in [0.2, 0.25) is 0 Å². The Labute approximate surface area is 101 Å². The minimum Gasteiger partial charge on any atom is -0.492 e. The van der Waals surface area contributed by atoms with Crippen molar-refractivity contribution in [1.82, 2.24) is 4.98 Å². The highest BCUT2D eigenvalue weighted by Gasteiger charge is 2.09. The zero-order valence-electron chi connectivity index (χ0n) is 10.3. The molecule has 0 aliphatic carbocycles. The van der Waals surface area contributed by atoms with Crippen molar-refractivity contribution in [2.45, 2.75) is 13.0 Å². The molecule has 0 bridgehead atoms. The molecule has 1 N–H and O–H groups in total. The lowest BCUT2D eigenvalue weighted by atomic mass is 10.2. The average molecular weight is 241 g/mol. The Balaban J connectivity index is 2.44. The second-order valence-electron chi connectivity index (χ2n) is 3.47. The summed E-state index contributed by atoms with van der Waals surface area (Å²) in [7, 11) is 1.61. The summed E-state index contributed by atoms with van der Waals surface area (Å²) < 4.78 is 15.4. The molecular formula is C12H19NO4. The van der Waals surface area contributed by atoms with Crippen molar-refractivity contribution in [1.29, 1.82) is 0 Å². The van der Waals surface area contributed by atoms with Crippen LogP contribution in [-0.4, -0.2) is 43.6 Å². The molecule has 17 heavy (non-hydrogen) atoms. The monoisotopic (exact) mass is 241 g/mol. The predicted octanol–water partition coefficient (Wildman–Crippen LogP) is 1.18. The van der Waals surface area contributed by atoms with Gasteiger partial charge in [0, 0.05) is 18.9 Å². The van der Waals surface area contributed by atoms with Gasteiger partial charge in [0.15, 0.2) is 0 Å². The smallest absolute Gasteiger partial charge is 0.137 e. The first-order valence-corrected chi connectivity index (χ1v) is 5.60. The molecule has 1 aromatic heterocycles. The minimum absolute atomic E-state index is 0.223. The van der Waals surface area contributed by atoms with Gasteiger partial charge in [0.25, 0.3) is 0 Å². The third kappa shape index (κ3) is 5.12. The van der Waals surface area contributed by atoms with Gasteiger partial charge in [-0.15, -0.1) is 0 Å². The number of rotatable bonds is 8. The van der Waals surface area contributed by atoms with Crippen molar-refractivity contribution in [2.24, 2.45) is 0 Å². The van der Waals surface area contributed by atoms with Crippen LogP contribution in [-0.2, 0) is 9.47 Å². The van der Waals surface area contributed by atoms with E-state index < -0.39 is 6.10 Å². The van der Waals surface area contributed by atoms with Gasteiger partial charge in [-0.05, 0) is 13.0 Å². The van der Waals surface area contributed by atoms with Gasteiger partial charge >= 0.3 is 0 Å². The van der Waals surface area contributed by atoms with Crippen molar-refractivity contribution in [3.63, 3.8) is 0 Å². The van der Waals surface area contributed by atoms with Gasteiger partial charge in [-0.2, -0.15) is 0 Å². The molecule has 0 aliphatic rings. The van der Waals surface area contributed by atoms with Crippen LogP contribution >= 0.6 is 0 Å². The Morgan fingerprint density at radius 1 is 1.35 bits per heavy atom. The Morgan fingerprint density at radius 2 is 2.18 bits per heavy atom. The molecule has 1 unspecified atom stereocenters. The van der Waals surface area contributed by atoms with Crippen LogP contribution in [0, 0.1) is 0 Å². The fraction of sp³-hybridized carbons (Fsp3) is 0.583. The first-order valence-electron chi connectivity index (χ1n) is 5.60. The predicted molar refractivity (Wildman–Crippen MR) is 63.1 cm³/mol. The van der Waals surface area contributed by atoms with E-state index in [0.717, 1.165) is 0 Å². The summed E-state index contributed by atoms with van der Waals surface area (Å²) in [5.41, 5.74) is 0.688. The Kier molecular flexibility index (Phi) is 6.54. The molecule has 0 radical (unpaired) electrons. The van der Waals surface area contributed by atoms with Crippen LogP contribution in [0.3, 0.4) is 0 Å². The molecule has 1 heterocycles. The Hall–Kier alpha value is -1.17. The summed E-state index contributed by atoms with van der Waals surface area (Å²) in [6, 6.07) is 1.76. The van der Waals surface area contributed by atoms with Gasteiger partial charge in [0.2, 0.25) is 0 Å². The maximum Gasteiger partial charge on any atom is 0.137 e. The molecular weight excluding hydrogens is 222 g/mol. The number of ether oxygens (including phenoxy) is 3. The number of hydrogen-bond donors (Lipinski definition) is 1. The number of nitrogens with zero attached hydrogens (tertiary/aromatic N) is 1. The second-order valence-corrected chi connectivity index (χ2v) is 3.47. The van der Waals surface area contributed by atoms with E-state index >= 15 is 0 Å². The first kappa shape index (κ1) is 13.9. The first-order chi connectivity index (χ1) is 8.27. The molecule has 5 heteroatoms. The normalized spacial score (nSPS) is 12.4. The summed E-state index contributed by atoms with van der Waals surface area (Å²) in [6.45, 7) is 3.68. The van der Waals surface area contributed by atoms with Crippen molar-refractivity contribution in [3.8, 4) is 5.75 Å². The van der Waals surface area contributed by atoms with E-state index in [1.807, 2.05) is 6.92 Å². The van der Waals surface area contributed by atoms with E-state index in [9.17, 15) is 5.11 Å². The van der Waals surface area contributed by atoms with Crippen molar-refractivity contribution in [2.75, 3.05) is 33.5 Å². The summed E-state index contributed by atoms with van der Waals surface area (Å²) in [6.07, 6.45) is 2.53. The van der Waals surface area contributed by atoms with Gasteiger partial charge in [0.1, 0.15) is 11.9 Å². The number of hydrogen-bond acceptors (Lipinski definition) is 5. The van der Waals surface area contributed by atoms with E-state index in [1.165, 1.54) is 0 Å². The highest BCUT2D eigenvalue weighted by molar-refractivity contribution is 5.25. The van der Waals surface area contributed by atoms with E-state index in [0.29, 0.717) is 31.1 Å². The van der Waals surface area contributed by atoms with Crippen LogP contribution < -0.4 is 4.74 Å². The van der Waals surface area contributed by atoms with Gasteiger partial charge in [0.05, 0.1) is 32.6 Å². The summed E-state index contributed by atoms with van der Waals surface area (Å²) in [4.78, 5) is 4.00. The quantitative estimate of drug-likeness (QED) is 0.692. The van der Waals surface area contributed by atoms with Crippen molar-refractivity contribution < 1.29 is 19.3 Å². The van der Waals surface area contributed by atoms with Gasteiger partial charge < -0.3 is 19.3 Å². The average Bonchev–Trinajstić information content (AvgIpc) is 2.35. The third-order valence-electron chi connectivity index (χ3n) is 2.14. The van der Waals surface area contributed by atoms with Crippen molar-refractivity contribution >= 4 is 0 Å². The molecule has 5 nitrogen and oxygen atoms in total. The molecule has 0 aliphatic heterocycles. The minimum atomic E-state index is -0.695. The van der Waals surface area contributed by atoms with Crippen molar-refractivity contribution in [3.05, 3.63) is 24.0 Å². The second kappa shape index (κ2) is 8.00. The van der Waals surface area contributed by atoms with E-state index in [2.05, 4.69) is 4.98 Å². The number of pyridine rings is 1. The van der Waals surface area contributed by atoms with Crippen LogP contribution in [0.5, 0.6) is 5.75 Å². The standard InChI is InChI=1S/C12H19NO4/c1-3-17-11-6-10(7-13-8-11)12(14)9-16-5-4-15-2/h6-8,12,14H,3-5,9H2,1-2H3. The lowest BCUT2D eigenvalue weighted by Gasteiger charge is -2.12. The lowest BCUT2D eigenvalue weighted by molar-refractivity contribution is 0.0124. The van der Waals surface area contributed by atoms with Crippen LogP contribution in [0.25, 0.3) is 0 Å². The van der Waals surface area contributed by atoms with E-state index in [-0.39, 0.29) is 6.61 Å². The molecule has 0 saturated carbocycles. The van der Waals surface area contributed by atoms with Gasteiger partial charge in [-0.3, -0.25) is 4.98 Å². The number of aliphatic hydroxyl groups is 1. The SMILES string of the molecule is CCOc1cncc(C(O)COCCOC)c1. The molecule has 1 rings (SSSR count). The molecule has 0 aromatic carbocycles. The Bertz CT molecular complexity index is 319. The third-order valence-corrected chi connectivity index (χ3v) is 2.14. The number of aromatic nitrogens is 1. The summed E-state index contributed by atoms with van der Waals surface area (Å²) >= 11 is 0. The molecule has 96 valence electrons. The highest BCUT2D eigenvalue weighted by atomic mass is 16.5. The lowest BCUT2D eigenvalue weighted by Crippen LogP contribution is -2.11. The molecule has 0 spiro atoms. The molecule has 1 aromatic rings. The fourth-order valence-electron chi connectivity index (χ4n) is 1.30. The van der Waals surface area contributed by atoms with E-state index in [4.69, 9.17) is 14.2 Å². The maximum absolute atomic E-state index is 9.85. The molecule has 0 saturated heterocycles. The fourth-order valence-corrected chi connectivity index (χ4v) is 1.30. The number of methoxy groups -OCH3 is 1. The Morgan fingerprint density at radius 3 is 2.88 bits per heavy atom. The largest absolute Gasteiger partial charge is 0.492 e. The molecule has 1 atom stereocenters. The number of aliphatic hydroxyl groups excluding tert-OH is 1. The van der Waals surface area contributed by atoms with Crippen LogP contribution in [0.15, 0.2) is 18.5 Å². The maximum atomic E-state index is 9.85. The summed E-state index contributed by atoms with van der Waals surface area (Å²) in [5.74, 6) is 0.654. The van der Waals surface area contributed by atoms with Crippen LogP contribution in [0.1, 0.15) is 18.6 Å².